The maximum atomic E-state index is 13.0. The molecule has 6 nitrogen and oxygen atoms in total. The Kier molecular flexibility index (Phi) is 6.14. The number of carboxylic acids is 1. The number of alkyl halides is 3. The molecule has 1 aliphatic rings. The monoisotopic (exact) mass is 398 g/mol. The lowest BCUT2D eigenvalue weighted by molar-refractivity contribution is -0.192. The highest BCUT2D eigenvalue weighted by Gasteiger charge is 2.40. The number of hydrogen-bond donors (Lipinski definition) is 2. The maximum Gasteiger partial charge on any atom is 0.490 e. The zero-order valence-corrected chi connectivity index (χ0v) is 14.1. The fourth-order valence-electron chi connectivity index (χ4n) is 2.57. The highest BCUT2D eigenvalue weighted by atomic mass is 19.4. The molecule has 3 N–H and O–H groups in total. The largest absolute Gasteiger partial charge is 0.490 e. The summed E-state index contributed by atoms with van der Waals surface area (Å²) >= 11 is 0. The Morgan fingerprint density at radius 2 is 1.43 bits per heavy atom. The molecule has 3 rings (SSSR count). The van der Waals surface area contributed by atoms with E-state index in [-0.39, 0.29) is 24.2 Å². The predicted molar refractivity (Wildman–Crippen MR) is 88.8 cm³/mol. The number of hydrogen-bond acceptors (Lipinski definition) is 4. The molecule has 0 spiro atoms. The number of carbonyl (C=O) groups is 3. The normalized spacial score (nSPS) is 14.2. The first-order valence-electron chi connectivity index (χ1n) is 7.80. The molecular weight excluding hydrogens is 384 g/mol. The number of rotatable bonds is 3. The lowest BCUT2D eigenvalue weighted by Crippen LogP contribution is -2.38. The third kappa shape index (κ3) is 4.34. The van der Waals surface area contributed by atoms with Crippen LogP contribution in [-0.2, 0) is 4.79 Å². The van der Waals surface area contributed by atoms with Gasteiger partial charge in [-0.15, -0.1) is 0 Å². The summed E-state index contributed by atoms with van der Waals surface area (Å²) in [6.07, 6.45) is -5.08. The Morgan fingerprint density at radius 3 is 1.79 bits per heavy atom. The lowest BCUT2D eigenvalue weighted by atomic mass is 10.1. The van der Waals surface area contributed by atoms with E-state index in [0.717, 1.165) is 4.90 Å². The molecule has 0 bridgehead atoms. The smallest absolute Gasteiger partial charge is 0.475 e. The minimum atomic E-state index is -5.08. The summed E-state index contributed by atoms with van der Waals surface area (Å²) in [6, 6.07) is 11.7. The summed E-state index contributed by atoms with van der Waals surface area (Å²) in [4.78, 5) is 34.9. The second-order valence-electron chi connectivity index (χ2n) is 5.63. The van der Waals surface area contributed by atoms with E-state index in [9.17, 15) is 27.2 Å². The molecule has 0 saturated heterocycles. The van der Waals surface area contributed by atoms with Crippen molar-refractivity contribution in [2.45, 2.75) is 12.2 Å². The van der Waals surface area contributed by atoms with Crippen LogP contribution in [0.5, 0.6) is 0 Å². The van der Waals surface area contributed by atoms with Crippen LogP contribution in [0.4, 0.5) is 17.6 Å². The molecule has 0 radical (unpaired) electrons. The van der Waals surface area contributed by atoms with E-state index in [0.29, 0.717) is 16.7 Å². The summed E-state index contributed by atoms with van der Waals surface area (Å²) in [5.74, 6) is -3.87. The van der Waals surface area contributed by atoms with Crippen LogP contribution in [0.3, 0.4) is 0 Å². The average Bonchev–Trinajstić information content (AvgIpc) is 2.89. The Hall–Kier alpha value is -3.27. The molecule has 28 heavy (non-hydrogen) atoms. The van der Waals surface area contributed by atoms with Crippen LogP contribution in [0.2, 0.25) is 0 Å². The molecular formula is C18H14F4N2O4. The van der Waals surface area contributed by atoms with Gasteiger partial charge in [-0.05, 0) is 29.8 Å². The number of aliphatic carboxylic acids is 1. The number of amides is 2. The Balaban J connectivity index is 0.000000345. The van der Waals surface area contributed by atoms with Crippen LogP contribution >= 0.6 is 0 Å². The van der Waals surface area contributed by atoms with E-state index in [2.05, 4.69) is 0 Å². The number of carbonyl (C=O) groups excluding carboxylic acids is 2. The molecule has 0 saturated carbocycles. The Labute approximate surface area is 156 Å². The fourth-order valence-corrected chi connectivity index (χ4v) is 2.57. The van der Waals surface area contributed by atoms with Crippen LogP contribution in [0.25, 0.3) is 0 Å². The van der Waals surface area contributed by atoms with E-state index in [1.54, 1.807) is 24.3 Å². The van der Waals surface area contributed by atoms with Crippen molar-refractivity contribution in [3.05, 3.63) is 71.0 Å². The molecule has 2 aromatic rings. The summed E-state index contributed by atoms with van der Waals surface area (Å²) in [7, 11) is 0. The topological polar surface area (TPSA) is 101 Å². The van der Waals surface area contributed by atoms with Gasteiger partial charge in [0.15, 0.2) is 0 Å². The molecule has 0 aromatic heterocycles. The third-order valence-electron chi connectivity index (χ3n) is 3.86. The van der Waals surface area contributed by atoms with E-state index < -0.39 is 18.2 Å². The number of nitrogens with two attached hydrogens (primary N) is 1. The molecule has 1 atom stereocenters. The van der Waals surface area contributed by atoms with Gasteiger partial charge in [-0.1, -0.05) is 24.3 Å². The minimum Gasteiger partial charge on any atom is -0.475 e. The van der Waals surface area contributed by atoms with Crippen LogP contribution in [0, 0.1) is 5.82 Å². The number of halogens is 4. The SMILES string of the molecule is NCC(c1ccc(F)cc1)N1C(=O)c2ccccc2C1=O.O=C(O)C(F)(F)F. The highest BCUT2D eigenvalue weighted by molar-refractivity contribution is 6.21. The number of benzene rings is 2. The molecule has 1 heterocycles. The van der Waals surface area contributed by atoms with Crippen LogP contribution in [0.1, 0.15) is 32.3 Å². The van der Waals surface area contributed by atoms with Gasteiger partial charge in [0, 0.05) is 6.54 Å². The van der Waals surface area contributed by atoms with E-state index >= 15 is 0 Å². The molecule has 148 valence electrons. The van der Waals surface area contributed by atoms with Crippen molar-refractivity contribution in [2.75, 3.05) is 6.54 Å². The van der Waals surface area contributed by atoms with E-state index in [1.807, 2.05) is 0 Å². The average molecular weight is 398 g/mol. The number of carboxylic acid groups (broad SMARTS) is 1. The first-order valence-corrected chi connectivity index (χ1v) is 7.80. The van der Waals surface area contributed by atoms with Gasteiger partial charge in [0.05, 0.1) is 17.2 Å². The molecule has 1 aliphatic heterocycles. The standard InChI is InChI=1S/C16H13FN2O2.C2HF3O2/c17-11-7-5-10(6-8-11)14(9-18)19-15(20)12-3-1-2-4-13(12)16(19)21;3-2(4,5)1(6)7/h1-8,14H,9,18H2;(H,6,7). The highest BCUT2D eigenvalue weighted by Crippen LogP contribution is 2.30. The van der Waals surface area contributed by atoms with Gasteiger partial charge in [0.2, 0.25) is 0 Å². The van der Waals surface area contributed by atoms with Gasteiger partial charge >= 0.3 is 12.1 Å². The summed E-state index contributed by atoms with van der Waals surface area (Å²) in [5, 5.41) is 7.12. The van der Waals surface area contributed by atoms with Gasteiger partial charge in [0.25, 0.3) is 11.8 Å². The summed E-state index contributed by atoms with van der Waals surface area (Å²) in [5.41, 5.74) is 7.13. The first-order chi connectivity index (χ1) is 13.1. The fraction of sp³-hybridized carbons (Fsp3) is 0.167. The summed E-state index contributed by atoms with van der Waals surface area (Å²) in [6.45, 7) is 0.0805. The zero-order valence-electron chi connectivity index (χ0n) is 14.1. The van der Waals surface area contributed by atoms with Crippen LogP contribution in [-0.4, -0.2) is 40.5 Å². The molecule has 0 fully saturated rings. The Morgan fingerprint density at radius 1 is 1.00 bits per heavy atom. The van der Waals surface area contributed by atoms with Gasteiger partial charge in [-0.2, -0.15) is 13.2 Å². The Bertz CT molecular complexity index is 862. The van der Waals surface area contributed by atoms with Crippen molar-refractivity contribution in [1.29, 1.82) is 0 Å². The second-order valence-corrected chi connectivity index (χ2v) is 5.63. The van der Waals surface area contributed by atoms with Gasteiger partial charge < -0.3 is 10.8 Å². The third-order valence-corrected chi connectivity index (χ3v) is 3.86. The molecule has 2 aromatic carbocycles. The second kappa shape index (κ2) is 8.17. The van der Waals surface area contributed by atoms with E-state index in [1.165, 1.54) is 24.3 Å². The van der Waals surface area contributed by atoms with Gasteiger partial charge in [0.1, 0.15) is 5.82 Å². The van der Waals surface area contributed by atoms with Crippen molar-refractivity contribution in [3.8, 4) is 0 Å². The number of nitrogens with zero attached hydrogens (tertiary/aromatic N) is 1. The minimum absolute atomic E-state index is 0.0805. The van der Waals surface area contributed by atoms with Gasteiger partial charge in [-0.3, -0.25) is 14.5 Å². The van der Waals surface area contributed by atoms with Crippen LogP contribution in [0.15, 0.2) is 48.5 Å². The van der Waals surface area contributed by atoms with Crippen molar-refractivity contribution < 1.29 is 37.1 Å². The molecule has 10 heteroatoms. The van der Waals surface area contributed by atoms with Crippen molar-refractivity contribution in [1.82, 2.24) is 4.90 Å². The van der Waals surface area contributed by atoms with Crippen molar-refractivity contribution in [3.63, 3.8) is 0 Å². The van der Waals surface area contributed by atoms with Crippen LogP contribution < -0.4 is 5.73 Å². The van der Waals surface area contributed by atoms with Crippen molar-refractivity contribution >= 4 is 17.8 Å². The van der Waals surface area contributed by atoms with Gasteiger partial charge in [-0.25, -0.2) is 9.18 Å². The molecule has 1 unspecified atom stereocenters. The quantitative estimate of drug-likeness (QED) is 0.612. The summed E-state index contributed by atoms with van der Waals surface area (Å²) < 4.78 is 44.8. The zero-order chi connectivity index (χ0) is 21.1. The van der Waals surface area contributed by atoms with Crippen molar-refractivity contribution in [2.24, 2.45) is 5.73 Å². The van der Waals surface area contributed by atoms with E-state index in [4.69, 9.17) is 15.6 Å². The number of imide groups is 1. The predicted octanol–water partition coefficient (Wildman–Crippen LogP) is 2.76. The maximum absolute atomic E-state index is 13.0. The first kappa shape index (κ1) is 21.0. The molecule has 2 amide bonds. The lowest BCUT2D eigenvalue weighted by Gasteiger charge is -2.25. The number of fused-ring (bicyclic) bond motifs is 1. The molecule has 0 aliphatic carbocycles.